The van der Waals surface area contributed by atoms with Gasteiger partial charge in [-0.25, -0.2) is 0 Å². The molecule has 1 aliphatic rings. The Hall–Kier alpha value is -1.88. The van der Waals surface area contributed by atoms with E-state index in [1.54, 1.807) is 24.3 Å². The summed E-state index contributed by atoms with van der Waals surface area (Å²) in [5.41, 5.74) is 0.659. The summed E-state index contributed by atoms with van der Waals surface area (Å²) in [5.74, 6) is 1.56. The third-order valence-electron chi connectivity index (χ3n) is 4.11. The fraction of sp³-hybridized carbons (Fsp3) is 0.471. The molecular formula is C17H20ClN3O2. The van der Waals surface area contributed by atoms with E-state index in [1.807, 2.05) is 4.90 Å². The Morgan fingerprint density at radius 3 is 2.91 bits per heavy atom. The van der Waals surface area contributed by atoms with Crippen LogP contribution in [0.1, 0.15) is 54.2 Å². The van der Waals surface area contributed by atoms with Gasteiger partial charge in [-0.05, 0) is 43.5 Å². The fourth-order valence-electron chi connectivity index (χ4n) is 2.90. The van der Waals surface area contributed by atoms with Gasteiger partial charge in [0.25, 0.3) is 5.91 Å². The summed E-state index contributed by atoms with van der Waals surface area (Å²) in [4.78, 5) is 18.9. The lowest BCUT2D eigenvalue weighted by molar-refractivity contribution is 0.0695. The van der Waals surface area contributed by atoms with E-state index in [0.29, 0.717) is 23.0 Å². The van der Waals surface area contributed by atoms with E-state index in [2.05, 4.69) is 17.1 Å². The number of nitrogens with zero attached hydrogens (tertiary/aromatic N) is 3. The Balaban J connectivity index is 1.69. The highest BCUT2D eigenvalue weighted by atomic mass is 35.5. The van der Waals surface area contributed by atoms with Gasteiger partial charge >= 0.3 is 0 Å². The highest BCUT2D eigenvalue weighted by molar-refractivity contribution is 6.30. The van der Waals surface area contributed by atoms with Crippen LogP contribution in [0.25, 0.3) is 0 Å². The van der Waals surface area contributed by atoms with Crippen LogP contribution >= 0.6 is 11.6 Å². The zero-order valence-electron chi connectivity index (χ0n) is 13.2. The molecule has 0 radical (unpaired) electrons. The topological polar surface area (TPSA) is 59.2 Å². The van der Waals surface area contributed by atoms with Gasteiger partial charge in [0.1, 0.15) is 0 Å². The molecule has 1 aliphatic heterocycles. The largest absolute Gasteiger partial charge is 0.339 e. The van der Waals surface area contributed by atoms with Gasteiger partial charge in [0.15, 0.2) is 5.82 Å². The molecule has 122 valence electrons. The first-order chi connectivity index (χ1) is 11.2. The lowest BCUT2D eigenvalue weighted by Gasteiger charge is -2.31. The second-order valence-electron chi connectivity index (χ2n) is 5.90. The smallest absolute Gasteiger partial charge is 0.253 e. The molecule has 1 fully saturated rings. The number of hydrogen-bond donors (Lipinski definition) is 0. The molecule has 0 unspecified atom stereocenters. The molecule has 0 saturated carbocycles. The summed E-state index contributed by atoms with van der Waals surface area (Å²) < 4.78 is 5.39. The Labute approximate surface area is 140 Å². The lowest BCUT2D eigenvalue weighted by atomic mass is 9.97. The van der Waals surface area contributed by atoms with Crippen LogP contribution in [0, 0.1) is 0 Å². The van der Waals surface area contributed by atoms with Crippen molar-refractivity contribution < 1.29 is 9.32 Å². The van der Waals surface area contributed by atoms with E-state index in [0.717, 1.165) is 38.1 Å². The van der Waals surface area contributed by atoms with E-state index in [1.165, 1.54) is 0 Å². The quantitative estimate of drug-likeness (QED) is 0.856. The van der Waals surface area contributed by atoms with Gasteiger partial charge < -0.3 is 9.42 Å². The molecular weight excluding hydrogens is 314 g/mol. The first-order valence-electron chi connectivity index (χ1n) is 8.04. The van der Waals surface area contributed by atoms with E-state index in [-0.39, 0.29) is 11.8 Å². The number of benzene rings is 1. The van der Waals surface area contributed by atoms with Gasteiger partial charge in [-0.15, -0.1) is 0 Å². The Bertz CT molecular complexity index is 669. The Kier molecular flexibility index (Phi) is 4.96. The van der Waals surface area contributed by atoms with Gasteiger partial charge in [0, 0.05) is 30.1 Å². The SMILES string of the molecule is CCCc1noc([C@H]2CCCN(C(=O)c3ccc(Cl)cc3)C2)n1. The first kappa shape index (κ1) is 16.0. The van der Waals surface area contributed by atoms with Crippen LogP contribution in [-0.4, -0.2) is 34.0 Å². The van der Waals surface area contributed by atoms with Crippen molar-refractivity contribution in [1.29, 1.82) is 0 Å². The number of carbonyl (C=O) groups excluding carboxylic acids is 1. The predicted octanol–water partition coefficient (Wildman–Crippen LogP) is 3.70. The van der Waals surface area contributed by atoms with Crippen molar-refractivity contribution in [3.63, 3.8) is 0 Å². The summed E-state index contributed by atoms with van der Waals surface area (Å²) in [6, 6.07) is 7.01. The monoisotopic (exact) mass is 333 g/mol. The average Bonchev–Trinajstić information content (AvgIpc) is 3.04. The molecule has 3 rings (SSSR count). The molecule has 2 heterocycles. The van der Waals surface area contributed by atoms with Crippen LogP contribution in [0.15, 0.2) is 28.8 Å². The zero-order chi connectivity index (χ0) is 16.2. The molecule has 6 heteroatoms. The third-order valence-corrected chi connectivity index (χ3v) is 4.36. The van der Waals surface area contributed by atoms with Crippen molar-refractivity contribution >= 4 is 17.5 Å². The summed E-state index contributed by atoms with van der Waals surface area (Å²) in [5, 5.41) is 4.65. The maximum Gasteiger partial charge on any atom is 0.253 e. The highest BCUT2D eigenvalue weighted by Crippen LogP contribution is 2.27. The molecule has 5 nitrogen and oxygen atoms in total. The number of halogens is 1. The normalized spacial score (nSPS) is 18.2. The summed E-state index contributed by atoms with van der Waals surface area (Å²) in [6.07, 6.45) is 3.72. The van der Waals surface area contributed by atoms with Crippen molar-refractivity contribution in [2.24, 2.45) is 0 Å². The number of carbonyl (C=O) groups is 1. The number of amides is 1. The lowest BCUT2D eigenvalue weighted by Crippen LogP contribution is -2.39. The molecule has 0 spiro atoms. The number of likely N-dealkylation sites (tertiary alicyclic amines) is 1. The van der Waals surface area contributed by atoms with Crippen LogP contribution in [0.5, 0.6) is 0 Å². The Morgan fingerprint density at radius 2 is 2.17 bits per heavy atom. The predicted molar refractivity (Wildman–Crippen MR) is 87.6 cm³/mol. The number of rotatable bonds is 4. The van der Waals surface area contributed by atoms with Crippen LogP contribution in [0.2, 0.25) is 5.02 Å². The van der Waals surface area contributed by atoms with Crippen molar-refractivity contribution in [2.75, 3.05) is 13.1 Å². The summed E-state index contributed by atoms with van der Waals surface area (Å²) in [6.45, 7) is 3.46. The van der Waals surface area contributed by atoms with Gasteiger partial charge in [-0.3, -0.25) is 4.79 Å². The molecule has 1 atom stereocenters. The molecule has 0 aliphatic carbocycles. The number of piperidine rings is 1. The second kappa shape index (κ2) is 7.13. The Morgan fingerprint density at radius 1 is 1.39 bits per heavy atom. The first-order valence-corrected chi connectivity index (χ1v) is 8.42. The van der Waals surface area contributed by atoms with Gasteiger partial charge in [0.2, 0.25) is 5.89 Å². The molecule has 1 aromatic carbocycles. The van der Waals surface area contributed by atoms with Crippen molar-refractivity contribution in [2.45, 2.75) is 38.5 Å². The molecule has 0 N–H and O–H groups in total. The van der Waals surface area contributed by atoms with Gasteiger partial charge in [-0.1, -0.05) is 23.7 Å². The highest BCUT2D eigenvalue weighted by Gasteiger charge is 2.28. The third kappa shape index (κ3) is 3.72. The molecule has 1 saturated heterocycles. The molecule has 1 aromatic heterocycles. The minimum atomic E-state index is 0.0275. The van der Waals surface area contributed by atoms with Crippen LogP contribution in [0.4, 0.5) is 0 Å². The maximum absolute atomic E-state index is 12.6. The van der Waals surface area contributed by atoms with Crippen LogP contribution in [-0.2, 0) is 6.42 Å². The van der Waals surface area contributed by atoms with Gasteiger partial charge in [0.05, 0.1) is 5.92 Å². The van der Waals surface area contributed by atoms with Crippen molar-refractivity contribution in [3.8, 4) is 0 Å². The second-order valence-corrected chi connectivity index (χ2v) is 6.33. The minimum absolute atomic E-state index is 0.0275. The fourth-order valence-corrected chi connectivity index (χ4v) is 3.02. The number of hydrogen-bond acceptors (Lipinski definition) is 4. The van der Waals surface area contributed by atoms with Gasteiger partial charge in [-0.2, -0.15) is 4.98 Å². The van der Waals surface area contributed by atoms with E-state index in [9.17, 15) is 4.79 Å². The van der Waals surface area contributed by atoms with Crippen LogP contribution < -0.4 is 0 Å². The van der Waals surface area contributed by atoms with Crippen LogP contribution in [0.3, 0.4) is 0 Å². The zero-order valence-corrected chi connectivity index (χ0v) is 13.9. The number of aromatic nitrogens is 2. The molecule has 0 bridgehead atoms. The van der Waals surface area contributed by atoms with E-state index >= 15 is 0 Å². The van der Waals surface area contributed by atoms with E-state index < -0.39 is 0 Å². The molecule has 1 amide bonds. The summed E-state index contributed by atoms with van der Waals surface area (Å²) >= 11 is 5.88. The molecule has 23 heavy (non-hydrogen) atoms. The summed E-state index contributed by atoms with van der Waals surface area (Å²) in [7, 11) is 0. The van der Waals surface area contributed by atoms with E-state index in [4.69, 9.17) is 16.1 Å². The minimum Gasteiger partial charge on any atom is -0.339 e. The number of aryl methyl sites for hydroxylation is 1. The standard InChI is InChI=1S/C17H20ClN3O2/c1-2-4-15-19-16(23-20-15)13-5-3-10-21(11-13)17(22)12-6-8-14(18)9-7-12/h6-9,13H,2-5,10-11H2,1H3/t13-/m0/s1. The molecule has 2 aromatic rings. The van der Waals surface area contributed by atoms with Crippen molar-refractivity contribution in [1.82, 2.24) is 15.0 Å². The van der Waals surface area contributed by atoms with Crippen molar-refractivity contribution in [3.05, 3.63) is 46.6 Å². The maximum atomic E-state index is 12.6. The average molecular weight is 334 g/mol.